The number of hydrogen-bond acceptors (Lipinski definition) is 6. The third-order valence-corrected chi connectivity index (χ3v) is 6.05. The van der Waals surface area contributed by atoms with Crippen LogP contribution in [0.3, 0.4) is 0 Å². The van der Waals surface area contributed by atoms with Crippen LogP contribution in [-0.4, -0.2) is 32.2 Å². The number of hydrogen-bond donors (Lipinski definition) is 6. The molecule has 8 heteroatoms. The third kappa shape index (κ3) is 2.97. The first-order valence-electron chi connectivity index (χ1n) is 9.37. The molecule has 2 aliphatic carbocycles. The lowest BCUT2D eigenvalue weighted by atomic mass is 9.76. The molecule has 2 unspecified atom stereocenters. The summed E-state index contributed by atoms with van der Waals surface area (Å²) in [5.74, 6) is 1.25. The Labute approximate surface area is 177 Å². The number of rotatable bonds is 2. The Morgan fingerprint density at radius 1 is 0.774 bits per heavy atom. The molecule has 0 aromatic heterocycles. The average molecular weight is 418 g/mol. The van der Waals surface area contributed by atoms with Crippen molar-refractivity contribution in [1.82, 2.24) is 10.6 Å². The van der Waals surface area contributed by atoms with Gasteiger partial charge in [0.25, 0.3) is 11.8 Å². The number of amides is 2. The second-order valence-electron chi connectivity index (χ2n) is 7.69. The number of phenols is 4. The molecule has 6 N–H and O–H groups in total. The van der Waals surface area contributed by atoms with Crippen molar-refractivity contribution in [3.05, 3.63) is 46.5 Å². The van der Waals surface area contributed by atoms with Gasteiger partial charge in [0, 0.05) is 5.41 Å². The zero-order valence-corrected chi connectivity index (χ0v) is 16.1. The van der Waals surface area contributed by atoms with Gasteiger partial charge in [0.05, 0.1) is 12.1 Å². The van der Waals surface area contributed by atoms with Crippen LogP contribution in [0.25, 0.3) is 0 Å². The summed E-state index contributed by atoms with van der Waals surface area (Å²) in [7, 11) is 0. The van der Waals surface area contributed by atoms with Gasteiger partial charge in [-0.25, -0.2) is 0 Å². The van der Waals surface area contributed by atoms with Crippen LogP contribution in [0, 0.1) is 24.7 Å². The highest BCUT2D eigenvalue weighted by Crippen LogP contribution is 2.60. The van der Waals surface area contributed by atoms with Gasteiger partial charge in [-0.2, -0.15) is 0 Å². The molecule has 0 saturated carbocycles. The molecule has 31 heavy (non-hydrogen) atoms. The molecule has 1 spiro atoms. The molecule has 0 fully saturated rings. The van der Waals surface area contributed by atoms with E-state index >= 15 is 0 Å². The fraction of sp³-hybridized carbons (Fsp3) is 0.217. The third-order valence-electron chi connectivity index (χ3n) is 6.05. The molecule has 2 atom stereocenters. The van der Waals surface area contributed by atoms with Gasteiger partial charge in [-0.1, -0.05) is 0 Å². The summed E-state index contributed by atoms with van der Waals surface area (Å²) in [6.07, 6.45) is 10.9. The number of carbonyl (C=O) groups excluding carboxylic acids is 2. The highest BCUT2D eigenvalue weighted by atomic mass is 16.3. The molecule has 156 valence electrons. The van der Waals surface area contributed by atoms with Crippen molar-refractivity contribution in [1.29, 1.82) is 0 Å². The maximum absolute atomic E-state index is 11.9. The Balaban J connectivity index is 1.93. The minimum absolute atomic E-state index is 0.276. The molecule has 2 amide bonds. The summed E-state index contributed by atoms with van der Waals surface area (Å²) >= 11 is 0. The first kappa shape index (κ1) is 20.0. The van der Waals surface area contributed by atoms with Crippen LogP contribution in [0.4, 0.5) is 0 Å². The average Bonchev–Trinajstić information content (AvgIpc) is 3.17. The monoisotopic (exact) mass is 418 g/mol. The van der Waals surface area contributed by atoms with Gasteiger partial charge in [-0.15, -0.1) is 12.8 Å². The van der Waals surface area contributed by atoms with E-state index in [9.17, 15) is 30.0 Å². The number of carbonyl (C=O) groups is 2. The summed E-state index contributed by atoms with van der Waals surface area (Å²) in [5.41, 5.74) is 1.39. The van der Waals surface area contributed by atoms with E-state index in [0.29, 0.717) is 22.3 Å². The van der Waals surface area contributed by atoms with E-state index < -0.39 is 29.3 Å². The van der Waals surface area contributed by atoms with E-state index in [1.807, 2.05) is 11.8 Å². The van der Waals surface area contributed by atoms with Crippen molar-refractivity contribution in [2.75, 3.05) is 0 Å². The van der Waals surface area contributed by atoms with E-state index in [2.05, 4.69) is 10.6 Å². The number of aromatic hydroxyl groups is 4. The molecule has 2 aliphatic rings. The number of phenolic OH excluding ortho intramolecular Hbond substituents is 4. The molecule has 0 heterocycles. The van der Waals surface area contributed by atoms with Gasteiger partial charge < -0.3 is 31.1 Å². The number of nitrogens with one attached hydrogen (secondary N) is 2. The number of benzene rings is 2. The maximum atomic E-state index is 11.9. The maximum Gasteiger partial charge on any atom is 0.296 e. The fourth-order valence-electron chi connectivity index (χ4n) is 4.83. The van der Waals surface area contributed by atoms with Gasteiger partial charge in [0.15, 0.2) is 23.0 Å². The Bertz CT molecular complexity index is 1120. The molecule has 0 saturated heterocycles. The SMILES string of the molecule is C#CC(=O)NC1CC2(CC(NC(=O)C#C)c3cc(O)c(O)cc32)c2cc(O)c(O)cc21. The molecular formula is C23H18N2O6. The van der Waals surface area contributed by atoms with Crippen molar-refractivity contribution in [2.45, 2.75) is 30.3 Å². The van der Waals surface area contributed by atoms with Crippen LogP contribution >= 0.6 is 0 Å². The number of fused-ring (bicyclic) bond motifs is 4. The lowest BCUT2D eigenvalue weighted by Crippen LogP contribution is -2.30. The lowest BCUT2D eigenvalue weighted by molar-refractivity contribution is -0.117. The van der Waals surface area contributed by atoms with Gasteiger partial charge in [0.1, 0.15) is 0 Å². The summed E-state index contributed by atoms with van der Waals surface area (Å²) < 4.78 is 0. The predicted octanol–water partition coefficient (Wildman–Crippen LogP) is 1.18. The highest BCUT2D eigenvalue weighted by molar-refractivity contribution is 5.94. The topological polar surface area (TPSA) is 139 Å². The smallest absolute Gasteiger partial charge is 0.296 e. The van der Waals surface area contributed by atoms with Crippen molar-refractivity contribution in [3.63, 3.8) is 0 Å². The largest absolute Gasteiger partial charge is 0.504 e. The van der Waals surface area contributed by atoms with Gasteiger partial charge >= 0.3 is 0 Å². The van der Waals surface area contributed by atoms with E-state index in [1.54, 1.807) is 0 Å². The predicted molar refractivity (Wildman–Crippen MR) is 109 cm³/mol. The van der Waals surface area contributed by atoms with Gasteiger partial charge in [0.2, 0.25) is 0 Å². The molecule has 8 nitrogen and oxygen atoms in total. The summed E-state index contributed by atoms with van der Waals surface area (Å²) in [6, 6.07) is 4.30. The Hall–Kier alpha value is -4.30. The van der Waals surface area contributed by atoms with Gasteiger partial charge in [-0.05, 0) is 71.2 Å². The Morgan fingerprint density at radius 2 is 1.13 bits per heavy atom. The van der Waals surface area contributed by atoms with Crippen LogP contribution in [0.1, 0.15) is 47.2 Å². The summed E-state index contributed by atoms with van der Waals surface area (Å²) in [5, 5.41) is 45.9. The van der Waals surface area contributed by atoms with Crippen LogP contribution in [0.2, 0.25) is 0 Å². The van der Waals surface area contributed by atoms with Crippen molar-refractivity contribution in [2.24, 2.45) is 0 Å². The lowest BCUT2D eigenvalue weighted by Gasteiger charge is -2.27. The molecule has 2 aromatic rings. The van der Waals surface area contributed by atoms with Crippen LogP contribution in [0.15, 0.2) is 24.3 Å². The minimum Gasteiger partial charge on any atom is -0.504 e. The molecular weight excluding hydrogens is 400 g/mol. The van der Waals surface area contributed by atoms with Gasteiger partial charge in [-0.3, -0.25) is 9.59 Å². The second-order valence-corrected chi connectivity index (χ2v) is 7.69. The van der Waals surface area contributed by atoms with Crippen LogP contribution in [-0.2, 0) is 15.0 Å². The van der Waals surface area contributed by atoms with Crippen LogP contribution in [0.5, 0.6) is 23.0 Å². The van der Waals surface area contributed by atoms with E-state index in [-0.39, 0.29) is 35.8 Å². The van der Waals surface area contributed by atoms with Crippen LogP contribution < -0.4 is 10.6 Å². The quantitative estimate of drug-likeness (QED) is 0.320. The Kier molecular flexibility index (Phi) is 4.44. The second kappa shape index (κ2) is 6.89. The fourth-order valence-corrected chi connectivity index (χ4v) is 4.83. The number of terminal acetylenes is 2. The molecule has 0 aliphatic heterocycles. The zero-order chi connectivity index (χ0) is 22.5. The molecule has 2 aromatic carbocycles. The van der Waals surface area contributed by atoms with Crippen molar-refractivity contribution >= 4 is 11.8 Å². The zero-order valence-electron chi connectivity index (χ0n) is 16.1. The van der Waals surface area contributed by atoms with E-state index in [4.69, 9.17) is 12.8 Å². The first-order valence-corrected chi connectivity index (χ1v) is 9.37. The van der Waals surface area contributed by atoms with Crippen molar-refractivity contribution in [3.8, 4) is 47.7 Å². The standard InChI is InChI=1S/C23H18N2O6/c1-3-21(30)24-15-9-23(13-7-19(28)17(26)5-11(13)15)10-16(25-22(31)4-2)12-6-18(27)20(29)8-14(12)23/h1-2,5-8,15-16,26-29H,9-10H2,(H,24,30)(H,25,31). The molecule has 0 bridgehead atoms. The van der Waals surface area contributed by atoms with E-state index in [1.165, 1.54) is 24.3 Å². The summed E-state index contributed by atoms with van der Waals surface area (Å²) in [6.45, 7) is 0. The molecule has 4 rings (SSSR count). The normalized spacial score (nSPS) is 22.8. The summed E-state index contributed by atoms with van der Waals surface area (Å²) in [4.78, 5) is 23.8. The highest BCUT2D eigenvalue weighted by Gasteiger charge is 2.53. The molecule has 0 radical (unpaired) electrons. The van der Waals surface area contributed by atoms with E-state index in [0.717, 1.165) is 0 Å². The van der Waals surface area contributed by atoms with Crippen molar-refractivity contribution < 1.29 is 30.0 Å². The first-order chi connectivity index (χ1) is 14.7. The Morgan fingerprint density at radius 3 is 1.48 bits per heavy atom. The minimum atomic E-state index is -0.875.